The average Bonchev–Trinajstić information content (AvgIpc) is 3.11. The third-order valence-corrected chi connectivity index (χ3v) is 4.73. The maximum Gasteiger partial charge on any atom is 0.327 e. The molecule has 1 atom stereocenters. The highest BCUT2D eigenvalue weighted by Crippen LogP contribution is 2.31. The van der Waals surface area contributed by atoms with Gasteiger partial charge in [0.15, 0.2) is 6.04 Å². The number of nitrogens with zero attached hydrogens (tertiary/aromatic N) is 2. The van der Waals surface area contributed by atoms with Gasteiger partial charge < -0.3 is 10.1 Å². The molecule has 0 saturated heterocycles. The van der Waals surface area contributed by atoms with Gasteiger partial charge in [0.2, 0.25) is 0 Å². The Morgan fingerprint density at radius 3 is 2.72 bits per heavy atom. The van der Waals surface area contributed by atoms with E-state index >= 15 is 0 Å². The summed E-state index contributed by atoms with van der Waals surface area (Å²) in [5.41, 5.74) is 4.97. The number of fused-ring (bicyclic) bond motifs is 1. The standard InChI is InChI=1S/C20H19N3O2/c24-20(25)19-18-17(21-13-22-18)10-11-23(19)12-15-8-4-5-9-16(15)14-6-2-1-3-7-14/h1-9,13,19H,10-12H2,(H,21,22)(H,24,25)/t19-/m0/s1. The van der Waals surface area contributed by atoms with Gasteiger partial charge in [0.05, 0.1) is 12.0 Å². The van der Waals surface area contributed by atoms with Crippen LogP contribution in [0, 0.1) is 0 Å². The first-order valence-corrected chi connectivity index (χ1v) is 8.36. The van der Waals surface area contributed by atoms with E-state index in [-0.39, 0.29) is 0 Å². The summed E-state index contributed by atoms with van der Waals surface area (Å²) >= 11 is 0. The Balaban J connectivity index is 1.68. The number of hydrogen-bond acceptors (Lipinski definition) is 3. The second-order valence-corrected chi connectivity index (χ2v) is 6.25. The summed E-state index contributed by atoms with van der Waals surface area (Å²) in [6.45, 7) is 1.27. The SMILES string of the molecule is O=C(O)[C@@H]1c2nc[nH]c2CCN1Cc1ccccc1-c1ccccc1. The number of benzene rings is 2. The quantitative estimate of drug-likeness (QED) is 0.769. The number of imidazole rings is 1. The molecule has 1 aliphatic heterocycles. The molecule has 5 heteroatoms. The molecule has 25 heavy (non-hydrogen) atoms. The van der Waals surface area contributed by atoms with E-state index in [2.05, 4.69) is 34.2 Å². The third kappa shape index (κ3) is 2.94. The number of carboxylic acid groups (broad SMARTS) is 1. The molecule has 2 N–H and O–H groups in total. The van der Waals surface area contributed by atoms with Gasteiger partial charge >= 0.3 is 5.97 Å². The van der Waals surface area contributed by atoms with Crippen LogP contribution in [0.2, 0.25) is 0 Å². The number of hydrogen-bond donors (Lipinski definition) is 2. The van der Waals surface area contributed by atoms with Crippen LogP contribution in [-0.4, -0.2) is 32.5 Å². The van der Waals surface area contributed by atoms with Gasteiger partial charge in [-0.3, -0.25) is 9.69 Å². The Kier molecular flexibility index (Phi) is 4.07. The summed E-state index contributed by atoms with van der Waals surface area (Å²) in [7, 11) is 0. The number of aliphatic carboxylic acids is 1. The second-order valence-electron chi connectivity index (χ2n) is 6.25. The fourth-order valence-corrected chi connectivity index (χ4v) is 3.54. The minimum absolute atomic E-state index is 0.578. The maximum atomic E-state index is 11.9. The smallest absolute Gasteiger partial charge is 0.327 e. The lowest BCUT2D eigenvalue weighted by molar-refractivity contribution is -0.144. The van der Waals surface area contributed by atoms with Gasteiger partial charge in [0.1, 0.15) is 0 Å². The molecule has 0 bridgehead atoms. The Morgan fingerprint density at radius 2 is 1.92 bits per heavy atom. The molecule has 1 aromatic heterocycles. The average molecular weight is 333 g/mol. The van der Waals surface area contributed by atoms with Gasteiger partial charge in [-0.05, 0) is 16.7 Å². The Morgan fingerprint density at radius 1 is 1.16 bits per heavy atom. The highest BCUT2D eigenvalue weighted by molar-refractivity contribution is 5.76. The highest BCUT2D eigenvalue weighted by Gasteiger charge is 2.35. The van der Waals surface area contributed by atoms with Gasteiger partial charge in [-0.15, -0.1) is 0 Å². The van der Waals surface area contributed by atoms with E-state index in [4.69, 9.17) is 0 Å². The number of carboxylic acids is 1. The van der Waals surface area contributed by atoms with Crippen LogP contribution in [0.3, 0.4) is 0 Å². The molecule has 2 aromatic carbocycles. The van der Waals surface area contributed by atoms with Crippen molar-refractivity contribution in [3.05, 3.63) is 77.9 Å². The molecule has 0 unspecified atom stereocenters. The van der Waals surface area contributed by atoms with Crippen LogP contribution in [0.25, 0.3) is 11.1 Å². The summed E-state index contributed by atoms with van der Waals surface area (Å²) in [6.07, 6.45) is 2.37. The lowest BCUT2D eigenvalue weighted by Crippen LogP contribution is -2.39. The third-order valence-electron chi connectivity index (χ3n) is 4.73. The van der Waals surface area contributed by atoms with E-state index in [1.54, 1.807) is 6.33 Å². The lowest BCUT2D eigenvalue weighted by Gasteiger charge is -2.32. The molecule has 0 spiro atoms. The van der Waals surface area contributed by atoms with E-state index in [9.17, 15) is 9.90 Å². The van der Waals surface area contributed by atoms with Crippen molar-refractivity contribution in [2.75, 3.05) is 6.54 Å². The van der Waals surface area contributed by atoms with Gasteiger partial charge in [-0.25, -0.2) is 4.98 Å². The number of aromatic nitrogens is 2. The molecule has 4 rings (SSSR count). The van der Waals surface area contributed by atoms with Gasteiger partial charge in [-0.2, -0.15) is 0 Å². The zero-order valence-corrected chi connectivity index (χ0v) is 13.7. The van der Waals surface area contributed by atoms with E-state index in [1.807, 2.05) is 35.2 Å². The minimum atomic E-state index is -0.856. The Bertz CT molecular complexity index is 889. The topological polar surface area (TPSA) is 69.2 Å². The van der Waals surface area contributed by atoms with Crippen LogP contribution in [0.4, 0.5) is 0 Å². The van der Waals surface area contributed by atoms with E-state index in [1.165, 1.54) is 0 Å². The first-order chi connectivity index (χ1) is 12.2. The number of nitrogens with one attached hydrogen (secondary N) is 1. The maximum absolute atomic E-state index is 11.9. The summed E-state index contributed by atoms with van der Waals surface area (Å²) < 4.78 is 0. The van der Waals surface area contributed by atoms with Crippen LogP contribution in [-0.2, 0) is 17.8 Å². The first-order valence-electron chi connectivity index (χ1n) is 8.36. The summed E-state index contributed by atoms with van der Waals surface area (Å²) in [4.78, 5) is 21.2. The van der Waals surface area contributed by atoms with Crippen LogP contribution in [0.1, 0.15) is 23.0 Å². The number of H-pyrrole nitrogens is 1. The van der Waals surface area contributed by atoms with Crippen molar-refractivity contribution in [3.8, 4) is 11.1 Å². The minimum Gasteiger partial charge on any atom is -0.480 e. The van der Waals surface area contributed by atoms with Crippen molar-refractivity contribution >= 4 is 5.97 Å². The zero-order valence-electron chi connectivity index (χ0n) is 13.7. The van der Waals surface area contributed by atoms with Crippen LogP contribution < -0.4 is 0 Å². The zero-order chi connectivity index (χ0) is 17.2. The summed E-state index contributed by atoms with van der Waals surface area (Å²) in [6, 6.07) is 17.7. The molecule has 0 radical (unpaired) electrons. The fourth-order valence-electron chi connectivity index (χ4n) is 3.54. The van der Waals surface area contributed by atoms with E-state index < -0.39 is 12.0 Å². The van der Waals surface area contributed by atoms with Gasteiger partial charge in [-0.1, -0.05) is 54.6 Å². The van der Waals surface area contributed by atoms with Crippen molar-refractivity contribution < 1.29 is 9.90 Å². The van der Waals surface area contributed by atoms with E-state index in [0.29, 0.717) is 18.8 Å². The summed E-state index contributed by atoms with van der Waals surface area (Å²) in [5, 5.41) is 9.74. The first kappa shape index (κ1) is 15.6. The van der Waals surface area contributed by atoms with Crippen molar-refractivity contribution in [2.24, 2.45) is 0 Å². The Hall–Kier alpha value is -2.92. The molecule has 0 fully saturated rings. The van der Waals surface area contributed by atoms with Crippen molar-refractivity contribution in [1.29, 1.82) is 0 Å². The van der Waals surface area contributed by atoms with Gasteiger partial charge in [0, 0.05) is 25.2 Å². The second kappa shape index (κ2) is 6.53. The van der Waals surface area contributed by atoms with Crippen LogP contribution in [0.15, 0.2) is 60.9 Å². The highest BCUT2D eigenvalue weighted by atomic mass is 16.4. The number of rotatable bonds is 4. The molecule has 2 heterocycles. The largest absolute Gasteiger partial charge is 0.480 e. The Labute approximate surface area is 146 Å². The molecule has 3 aromatic rings. The van der Waals surface area contributed by atoms with Crippen LogP contribution in [0.5, 0.6) is 0 Å². The number of carbonyl (C=O) groups is 1. The predicted octanol–water partition coefficient (Wildman–Crippen LogP) is 3.26. The molecule has 0 saturated carbocycles. The fraction of sp³-hybridized carbons (Fsp3) is 0.200. The van der Waals surface area contributed by atoms with E-state index in [0.717, 1.165) is 28.8 Å². The van der Waals surface area contributed by atoms with Crippen LogP contribution >= 0.6 is 0 Å². The molecule has 5 nitrogen and oxygen atoms in total. The molecule has 0 amide bonds. The molecular weight excluding hydrogens is 314 g/mol. The summed E-state index contributed by atoms with van der Waals surface area (Å²) in [5.74, 6) is -0.856. The molecule has 126 valence electrons. The number of aromatic amines is 1. The molecule has 1 aliphatic rings. The lowest BCUT2D eigenvalue weighted by atomic mass is 9.97. The van der Waals surface area contributed by atoms with Gasteiger partial charge in [0.25, 0.3) is 0 Å². The molecular formula is C20H19N3O2. The predicted molar refractivity (Wildman–Crippen MR) is 95.0 cm³/mol. The normalized spacial score (nSPS) is 17.2. The monoisotopic (exact) mass is 333 g/mol. The van der Waals surface area contributed by atoms with Crippen molar-refractivity contribution in [1.82, 2.24) is 14.9 Å². The van der Waals surface area contributed by atoms with Crippen molar-refractivity contribution in [3.63, 3.8) is 0 Å². The molecule has 0 aliphatic carbocycles. The van der Waals surface area contributed by atoms with Crippen molar-refractivity contribution in [2.45, 2.75) is 19.0 Å².